The van der Waals surface area contributed by atoms with E-state index in [4.69, 9.17) is 0 Å². The molecule has 2 rings (SSSR count). The Balaban J connectivity index is 2.10. The molecule has 7 nitrogen and oxygen atoms in total. The van der Waals surface area contributed by atoms with Crippen LogP contribution in [0.5, 0.6) is 0 Å². The molecule has 0 spiro atoms. The molecule has 0 aliphatic rings. The Bertz CT molecular complexity index is 598. The lowest BCUT2D eigenvalue weighted by molar-refractivity contribution is 0.0939. The molecule has 0 saturated heterocycles. The van der Waals surface area contributed by atoms with Crippen molar-refractivity contribution in [3.63, 3.8) is 0 Å². The van der Waals surface area contributed by atoms with Gasteiger partial charge in [0.1, 0.15) is 12.0 Å². The Morgan fingerprint density at radius 2 is 2.20 bits per heavy atom. The monoisotopic (exact) mass is 276 g/mol. The van der Waals surface area contributed by atoms with E-state index < -0.39 is 0 Å². The van der Waals surface area contributed by atoms with Gasteiger partial charge in [0, 0.05) is 13.6 Å². The third-order valence-corrected chi connectivity index (χ3v) is 3.13. The van der Waals surface area contributed by atoms with Crippen LogP contribution in [0.25, 0.3) is 0 Å². The summed E-state index contributed by atoms with van der Waals surface area (Å²) in [4.78, 5) is 12.2. The molecule has 0 fully saturated rings. The van der Waals surface area contributed by atoms with Crippen LogP contribution < -0.4 is 5.32 Å². The number of hydrogen-bond acceptors (Lipinski definition) is 4. The topological polar surface area (TPSA) is 77.6 Å². The van der Waals surface area contributed by atoms with Crippen molar-refractivity contribution in [2.24, 2.45) is 7.05 Å². The highest BCUT2D eigenvalue weighted by Crippen LogP contribution is 2.14. The molecule has 0 saturated carbocycles. The van der Waals surface area contributed by atoms with Gasteiger partial charge in [0.05, 0.1) is 12.2 Å². The van der Waals surface area contributed by atoms with Gasteiger partial charge in [0.2, 0.25) is 0 Å². The van der Waals surface area contributed by atoms with Crippen LogP contribution in [0, 0.1) is 0 Å². The number of nitrogens with one attached hydrogen (secondary N) is 1. The van der Waals surface area contributed by atoms with Crippen LogP contribution in [-0.4, -0.2) is 30.5 Å². The third kappa shape index (κ3) is 2.87. The van der Waals surface area contributed by atoms with E-state index in [1.807, 2.05) is 20.0 Å². The highest BCUT2D eigenvalue weighted by molar-refractivity contribution is 5.92. The quantitative estimate of drug-likeness (QED) is 0.886. The first kappa shape index (κ1) is 14.2. The van der Waals surface area contributed by atoms with Crippen LogP contribution in [0.2, 0.25) is 0 Å². The summed E-state index contributed by atoms with van der Waals surface area (Å²) in [5, 5.41) is 15.0. The van der Waals surface area contributed by atoms with Crippen molar-refractivity contribution in [2.45, 2.75) is 39.8 Å². The van der Waals surface area contributed by atoms with Gasteiger partial charge in [0.25, 0.3) is 5.91 Å². The molecule has 0 aliphatic carbocycles. The number of rotatable bonds is 5. The zero-order valence-corrected chi connectivity index (χ0v) is 12.3. The molecule has 0 unspecified atom stereocenters. The molecule has 2 heterocycles. The van der Waals surface area contributed by atoms with Crippen LogP contribution in [0.4, 0.5) is 0 Å². The second kappa shape index (κ2) is 5.85. The molecule has 108 valence electrons. The molecular weight excluding hydrogens is 256 g/mol. The second-order valence-corrected chi connectivity index (χ2v) is 4.97. The van der Waals surface area contributed by atoms with Gasteiger partial charge in [-0.15, -0.1) is 10.2 Å². The summed E-state index contributed by atoms with van der Waals surface area (Å²) in [5.74, 6) is 0.868. The van der Waals surface area contributed by atoms with E-state index in [2.05, 4.69) is 34.5 Å². The lowest BCUT2D eigenvalue weighted by Crippen LogP contribution is -2.26. The van der Waals surface area contributed by atoms with Crippen molar-refractivity contribution >= 4 is 5.91 Å². The summed E-state index contributed by atoms with van der Waals surface area (Å²) >= 11 is 0. The number of hydrogen-bond donors (Lipinski definition) is 1. The Morgan fingerprint density at radius 3 is 2.75 bits per heavy atom. The number of aryl methyl sites for hydroxylation is 2. The average Bonchev–Trinajstić information content (AvgIpc) is 3.02. The summed E-state index contributed by atoms with van der Waals surface area (Å²) in [7, 11) is 1.84. The van der Waals surface area contributed by atoms with Crippen molar-refractivity contribution < 1.29 is 4.79 Å². The Hall–Kier alpha value is -2.18. The predicted molar refractivity (Wildman–Crippen MR) is 74.2 cm³/mol. The third-order valence-electron chi connectivity index (χ3n) is 3.13. The highest BCUT2D eigenvalue weighted by atomic mass is 16.2. The molecule has 0 atom stereocenters. The predicted octanol–water partition coefficient (Wildman–Crippen LogP) is 1.08. The van der Waals surface area contributed by atoms with Crippen molar-refractivity contribution in [2.75, 3.05) is 0 Å². The normalized spacial score (nSPS) is 11.1. The maximum absolute atomic E-state index is 12.2. The minimum Gasteiger partial charge on any atom is -0.343 e. The van der Waals surface area contributed by atoms with Gasteiger partial charge in [-0.3, -0.25) is 9.48 Å². The zero-order chi connectivity index (χ0) is 14.7. The number of aromatic nitrogens is 5. The molecule has 0 aliphatic heterocycles. The number of carbonyl (C=O) groups is 1. The minimum absolute atomic E-state index is 0.144. The van der Waals surface area contributed by atoms with Crippen LogP contribution in [0.1, 0.15) is 48.7 Å². The molecule has 2 aromatic rings. The van der Waals surface area contributed by atoms with Crippen LogP contribution in [0.15, 0.2) is 12.4 Å². The number of amides is 1. The molecular formula is C13H20N6O. The fourth-order valence-electron chi connectivity index (χ4n) is 1.86. The SMILES string of the molecule is CCn1nc(C(C)C)cc1C(=O)NCc1nncn1C. The van der Waals surface area contributed by atoms with Gasteiger partial charge >= 0.3 is 0 Å². The molecule has 7 heteroatoms. The van der Waals surface area contributed by atoms with Crippen molar-refractivity contribution in [1.29, 1.82) is 0 Å². The maximum Gasteiger partial charge on any atom is 0.269 e. The lowest BCUT2D eigenvalue weighted by atomic mass is 10.1. The van der Waals surface area contributed by atoms with E-state index >= 15 is 0 Å². The summed E-state index contributed by atoms with van der Waals surface area (Å²) in [6, 6.07) is 1.85. The number of nitrogens with zero attached hydrogens (tertiary/aromatic N) is 5. The zero-order valence-electron chi connectivity index (χ0n) is 12.3. The second-order valence-electron chi connectivity index (χ2n) is 4.97. The van der Waals surface area contributed by atoms with Gasteiger partial charge < -0.3 is 9.88 Å². The number of carbonyl (C=O) groups excluding carboxylic acids is 1. The summed E-state index contributed by atoms with van der Waals surface area (Å²) in [6.45, 7) is 7.10. The van der Waals surface area contributed by atoms with E-state index in [0.717, 1.165) is 5.69 Å². The van der Waals surface area contributed by atoms with Crippen LogP contribution in [0.3, 0.4) is 0 Å². The van der Waals surface area contributed by atoms with E-state index in [1.54, 1.807) is 15.6 Å². The average molecular weight is 276 g/mol. The lowest BCUT2D eigenvalue weighted by Gasteiger charge is -2.06. The van der Waals surface area contributed by atoms with Crippen LogP contribution >= 0.6 is 0 Å². The van der Waals surface area contributed by atoms with Gasteiger partial charge in [-0.1, -0.05) is 13.8 Å². The standard InChI is InChI=1S/C13H20N6O/c1-5-19-11(6-10(17-19)9(2)3)13(20)14-7-12-16-15-8-18(12)4/h6,8-9H,5,7H2,1-4H3,(H,14,20). The Kier molecular flexibility index (Phi) is 4.16. The largest absolute Gasteiger partial charge is 0.343 e. The maximum atomic E-state index is 12.2. The van der Waals surface area contributed by atoms with E-state index in [-0.39, 0.29) is 5.91 Å². The molecule has 1 N–H and O–H groups in total. The highest BCUT2D eigenvalue weighted by Gasteiger charge is 2.16. The Labute approximate surface area is 118 Å². The van der Waals surface area contributed by atoms with E-state index in [0.29, 0.717) is 30.5 Å². The molecule has 0 aromatic carbocycles. The Morgan fingerprint density at radius 1 is 1.45 bits per heavy atom. The van der Waals surface area contributed by atoms with Crippen LogP contribution in [-0.2, 0) is 20.1 Å². The first-order chi connectivity index (χ1) is 9.52. The molecule has 20 heavy (non-hydrogen) atoms. The van der Waals surface area contributed by atoms with Crippen molar-refractivity contribution in [3.8, 4) is 0 Å². The van der Waals surface area contributed by atoms with E-state index in [9.17, 15) is 4.79 Å². The summed E-state index contributed by atoms with van der Waals surface area (Å²) in [5.41, 5.74) is 1.51. The summed E-state index contributed by atoms with van der Waals surface area (Å²) in [6.07, 6.45) is 1.61. The van der Waals surface area contributed by atoms with Gasteiger partial charge in [-0.25, -0.2) is 0 Å². The molecule has 2 aromatic heterocycles. The first-order valence-corrected chi connectivity index (χ1v) is 6.71. The fraction of sp³-hybridized carbons (Fsp3) is 0.538. The molecule has 0 radical (unpaired) electrons. The van der Waals surface area contributed by atoms with Gasteiger partial charge in [-0.2, -0.15) is 5.10 Å². The smallest absolute Gasteiger partial charge is 0.269 e. The fourth-order valence-corrected chi connectivity index (χ4v) is 1.86. The minimum atomic E-state index is -0.144. The molecule has 0 bridgehead atoms. The van der Waals surface area contributed by atoms with Gasteiger partial charge in [-0.05, 0) is 18.9 Å². The first-order valence-electron chi connectivity index (χ1n) is 6.71. The van der Waals surface area contributed by atoms with Crippen molar-refractivity contribution in [1.82, 2.24) is 29.9 Å². The van der Waals surface area contributed by atoms with E-state index in [1.165, 1.54) is 0 Å². The summed E-state index contributed by atoms with van der Waals surface area (Å²) < 4.78 is 3.50. The van der Waals surface area contributed by atoms with Crippen molar-refractivity contribution in [3.05, 3.63) is 29.6 Å². The van der Waals surface area contributed by atoms with Gasteiger partial charge in [0.15, 0.2) is 5.82 Å². The molecule has 1 amide bonds.